The second kappa shape index (κ2) is 5.83. The lowest BCUT2D eigenvalue weighted by molar-refractivity contribution is 0.0474. The largest absolute Gasteiger partial charge is 0.273 e. The zero-order valence-corrected chi connectivity index (χ0v) is 12.9. The standard InChI is InChI=1S/C18H17FN2O2/c1-11(2)16-14-9-8-13(19)10-15(14)18(23)21(16)20-17(22)12-6-4-3-5-7-12/h3-11,16H,1-2H3,(H,20,22). The molecule has 23 heavy (non-hydrogen) atoms. The molecule has 0 aliphatic carbocycles. The van der Waals surface area contributed by atoms with E-state index in [1.165, 1.54) is 17.1 Å². The van der Waals surface area contributed by atoms with Crippen molar-refractivity contribution in [1.29, 1.82) is 0 Å². The molecule has 5 heteroatoms. The third kappa shape index (κ3) is 2.70. The summed E-state index contributed by atoms with van der Waals surface area (Å²) in [5.74, 6) is -1.14. The van der Waals surface area contributed by atoms with Crippen LogP contribution in [0.25, 0.3) is 0 Å². The van der Waals surface area contributed by atoms with Gasteiger partial charge in [-0.15, -0.1) is 0 Å². The van der Waals surface area contributed by atoms with Crippen molar-refractivity contribution in [3.63, 3.8) is 0 Å². The molecule has 0 spiro atoms. The molecule has 1 atom stereocenters. The van der Waals surface area contributed by atoms with Crippen molar-refractivity contribution >= 4 is 11.8 Å². The van der Waals surface area contributed by atoms with Crippen molar-refractivity contribution in [1.82, 2.24) is 10.4 Å². The topological polar surface area (TPSA) is 49.4 Å². The van der Waals surface area contributed by atoms with Gasteiger partial charge >= 0.3 is 0 Å². The van der Waals surface area contributed by atoms with Crippen LogP contribution in [0, 0.1) is 11.7 Å². The first kappa shape index (κ1) is 15.2. The van der Waals surface area contributed by atoms with Crippen molar-refractivity contribution in [2.45, 2.75) is 19.9 Å². The molecule has 2 aromatic rings. The molecule has 1 N–H and O–H groups in total. The number of benzene rings is 2. The fourth-order valence-corrected chi connectivity index (χ4v) is 2.91. The monoisotopic (exact) mass is 312 g/mol. The van der Waals surface area contributed by atoms with Gasteiger partial charge in [-0.1, -0.05) is 38.1 Å². The molecule has 1 unspecified atom stereocenters. The van der Waals surface area contributed by atoms with Gasteiger partial charge in [0, 0.05) is 11.1 Å². The highest BCUT2D eigenvalue weighted by Crippen LogP contribution is 2.37. The summed E-state index contributed by atoms with van der Waals surface area (Å²) in [5.41, 5.74) is 4.17. The Hall–Kier alpha value is -2.69. The predicted molar refractivity (Wildman–Crippen MR) is 84.1 cm³/mol. The Morgan fingerprint density at radius 1 is 1.17 bits per heavy atom. The van der Waals surface area contributed by atoms with Gasteiger partial charge in [0.1, 0.15) is 5.82 Å². The minimum absolute atomic E-state index is 0.0711. The summed E-state index contributed by atoms with van der Waals surface area (Å²) in [5, 5.41) is 1.31. The molecule has 2 amide bonds. The molecule has 0 radical (unpaired) electrons. The molecule has 1 heterocycles. The number of carbonyl (C=O) groups is 2. The number of halogens is 1. The van der Waals surface area contributed by atoms with E-state index in [1.807, 2.05) is 19.9 Å². The molecule has 4 nitrogen and oxygen atoms in total. The summed E-state index contributed by atoms with van der Waals surface area (Å²) in [4.78, 5) is 24.9. The van der Waals surface area contributed by atoms with E-state index in [2.05, 4.69) is 5.43 Å². The van der Waals surface area contributed by atoms with Crippen molar-refractivity contribution in [2.24, 2.45) is 5.92 Å². The zero-order chi connectivity index (χ0) is 16.6. The van der Waals surface area contributed by atoms with E-state index >= 15 is 0 Å². The Bertz CT molecular complexity index is 759. The van der Waals surface area contributed by atoms with E-state index in [1.54, 1.807) is 30.3 Å². The highest BCUT2D eigenvalue weighted by molar-refractivity contribution is 6.02. The van der Waals surface area contributed by atoms with Crippen LogP contribution < -0.4 is 5.43 Å². The first-order chi connectivity index (χ1) is 11.0. The molecular formula is C18H17FN2O2. The van der Waals surface area contributed by atoms with E-state index in [9.17, 15) is 14.0 Å². The van der Waals surface area contributed by atoms with E-state index in [-0.39, 0.29) is 23.8 Å². The average Bonchev–Trinajstić information content (AvgIpc) is 2.81. The minimum atomic E-state index is -0.462. The maximum Gasteiger partial charge on any atom is 0.273 e. The van der Waals surface area contributed by atoms with Gasteiger partial charge in [-0.25, -0.2) is 9.40 Å². The normalized spacial score (nSPS) is 16.6. The number of fused-ring (bicyclic) bond motifs is 1. The number of hydrogen-bond acceptors (Lipinski definition) is 2. The minimum Gasteiger partial charge on any atom is -0.267 e. The lowest BCUT2D eigenvalue weighted by Crippen LogP contribution is -2.45. The highest BCUT2D eigenvalue weighted by Gasteiger charge is 2.39. The van der Waals surface area contributed by atoms with Crippen LogP contribution in [0.1, 0.15) is 46.2 Å². The van der Waals surface area contributed by atoms with Crippen LogP contribution in [0.5, 0.6) is 0 Å². The van der Waals surface area contributed by atoms with Gasteiger partial charge in [-0.3, -0.25) is 15.0 Å². The molecule has 0 aromatic heterocycles. The first-order valence-electron chi connectivity index (χ1n) is 7.48. The Morgan fingerprint density at radius 2 is 1.87 bits per heavy atom. The molecule has 0 saturated heterocycles. The summed E-state index contributed by atoms with van der Waals surface area (Å²) >= 11 is 0. The van der Waals surface area contributed by atoms with Crippen molar-refractivity contribution < 1.29 is 14.0 Å². The molecule has 0 fully saturated rings. The summed E-state index contributed by atoms with van der Waals surface area (Å²) in [6.07, 6.45) is 0. The number of nitrogens with zero attached hydrogens (tertiary/aromatic N) is 1. The number of hydrogen-bond donors (Lipinski definition) is 1. The molecule has 0 bridgehead atoms. The SMILES string of the molecule is CC(C)C1c2ccc(F)cc2C(=O)N1NC(=O)c1ccccc1. The van der Waals surface area contributed by atoms with Crippen LogP contribution in [0.15, 0.2) is 48.5 Å². The average molecular weight is 312 g/mol. The fraction of sp³-hybridized carbons (Fsp3) is 0.222. The number of rotatable bonds is 3. The Kier molecular flexibility index (Phi) is 3.86. The first-order valence-corrected chi connectivity index (χ1v) is 7.48. The van der Waals surface area contributed by atoms with Crippen LogP contribution in [0.3, 0.4) is 0 Å². The summed E-state index contributed by atoms with van der Waals surface area (Å²) in [6, 6.07) is 12.5. The van der Waals surface area contributed by atoms with Gasteiger partial charge in [0.25, 0.3) is 11.8 Å². The second-order valence-corrected chi connectivity index (χ2v) is 5.90. The van der Waals surface area contributed by atoms with Gasteiger partial charge in [-0.05, 0) is 35.7 Å². The lowest BCUT2D eigenvalue weighted by Gasteiger charge is -2.28. The number of nitrogens with one attached hydrogen (secondary N) is 1. The number of carbonyl (C=O) groups excluding carboxylic acids is 2. The van der Waals surface area contributed by atoms with E-state index in [0.29, 0.717) is 11.1 Å². The molecule has 1 aliphatic rings. The van der Waals surface area contributed by atoms with Gasteiger partial charge in [0.2, 0.25) is 0 Å². The molecule has 2 aromatic carbocycles. The number of amides is 2. The van der Waals surface area contributed by atoms with Crippen LogP contribution in [0.4, 0.5) is 4.39 Å². The van der Waals surface area contributed by atoms with E-state index in [4.69, 9.17) is 0 Å². The highest BCUT2D eigenvalue weighted by atomic mass is 19.1. The van der Waals surface area contributed by atoms with Crippen molar-refractivity contribution in [3.8, 4) is 0 Å². The third-order valence-corrected chi connectivity index (χ3v) is 3.95. The summed E-state index contributed by atoms with van der Waals surface area (Å²) in [6.45, 7) is 3.91. The van der Waals surface area contributed by atoms with Gasteiger partial charge in [0.05, 0.1) is 6.04 Å². The molecular weight excluding hydrogens is 295 g/mol. The summed E-state index contributed by atoms with van der Waals surface area (Å²) < 4.78 is 13.5. The summed E-state index contributed by atoms with van der Waals surface area (Å²) in [7, 11) is 0. The Balaban J connectivity index is 1.93. The molecule has 0 saturated carbocycles. The quantitative estimate of drug-likeness (QED) is 0.945. The van der Waals surface area contributed by atoms with Crippen molar-refractivity contribution in [2.75, 3.05) is 0 Å². The smallest absolute Gasteiger partial charge is 0.267 e. The maximum absolute atomic E-state index is 13.5. The van der Waals surface area contributed by atoms with E-state index in [0.717, 1.165) is 5.56 Å². The fourth-order valence-electron chi connectivity index (χ4n) is 2.91. The molecule has 118 valence electrons. The molecule has 3 rings (SSSR count). The molecule has 1 aliphatic heterocycles. The van der Waals surface area contributed by atoms with Crippen LogP contribution in [0.2, 0.25) is 0 Å². The Labute approximate surface area is 133 Å². The lowest BCUT2D eigenvalue weighted by atomic mass is 9.96. The third-order valence-electron chi connectivity index (χ3n) is 3.95. The van der Waals surface area contributed by atoms with Gasteiger partial charge in [0.15, 0.2) is 0 Å². The van der Waals surface area contributed by atoms with Crippen LogP contribution >= 0.6 is 0 Å². The van der Waals surface area contributed by atoms with Crippen LogP contribution in [-0.2, 0) is 0 Å². The second-order valence-electron chi connectivity index (χ2n) is 5.90. The zero-order valence-electron chi connectivity index (χ0n) is 12.9. The number of hydrazine groups is 1. The maximum atomic E-state index is 13.5. The van der Waals surface area contributed by atoms with Crippen LogP contribution in [-0.4, -0.2) is 16.8 Å². The Morgan fingerprint density at radius 3 is 2.52 bits per heavy atom. The van der Waals surface area contributed by atoms with E-state index < -0.39 is 5.82 Å². The van der Waals surface area contributed by atoms with Gasteiger partial charge in [-0.2, -0.15) is 0 Å². The van der Waals surface area contributed by atoms with Gasteiger partial charge < -0.3 is 0 Å². The van der Waals surface area contributed by atoms with Crippen molar-refractivity contribution in [3.05, 3.63) is 71.0 Å². The predicted octanol–water partition coefficient (Wildman–Crippen LogP) is 3.32.